The lowest BCUT2D eigenvalue weighted by Gasteiger charge is -2.30. The standard InChI is InChI=1S/C14H19FN2O3S/c1-14(2,3)13(7-8-18)17-21(19,20)12-6-4-5-11(15)10(12)9-16/h4-6,13,17-18H,7-8H2,1-3H3. The summed E-state index contributed by atoms with van der Waals surface area (Å²) in [6.45, 7) is 5.30. The number of aliphatic hydroxyl groups is 1. The number of rotatable bonds is 5. The van der Waals surface area contributed by atoms with Crippen molar-refractivity contribution in [2.45, 2.75) is 38.1 Å². The minimum atomic E-state index is -4.05. The third-order valence-corrected chi connectivity index (χ3v) is 4.65. The van der Waals surface area contributed by atoms with Gasteiger partial charge < -0.3 is 5.11 Å². The molecule has 7 heteroatoms. The zero-order chi connectivity index (χ0) is 16.3. The molecule has 2 N–H and O–H groups in total. The molecule has 1 atom stereocenters. The molecule has 0 aliphatic rings. The van der Waals surface area contributed by atoms with E-state index in [1.165, 1.54) is 12.1 Å². The molecule has 1 aromatic rings. The number of nitriles is 1. The number of sulfonamides is 1. The minimum absolute atomic E-state index is 0.182. The van der Waals surface area contributed by atoms with Gasteiger partial charge in [-0.05, 0) is 24.0 Å². The van der Waals surface area contributed by atoms with E-state index in [1.54, 1.807) is 6.07 Å². The second-order valence-electron chi connectivity index (χ2n) is 5.78. The first kappa shape index (κ1) is 17.6. The molecule has 0 aliphatic carbocycles. The second kappa shape index (κ2) is 6.52. The van der Waals surface area contributed by atoms with E-state index in [0.717, 1.165) is 6.07 Å². The fourth-order valence-corrected chi connectivity index (χ4v) is 3.53. The highest BCUT2D eigenvalue weighted by atomic mass is 32.2. The maximum atomic E-state index is 13.5. The number of benzene rings is 1. The summed E-state index contributed by atoms with van der Waals surface area (Å²) in [6, 6.07) is 4.49. The Morgan fingerprint density at radius 3 is 2.52 bits per heavy atom. The van der Waals surface area contributed by atoms with Gasteiger partial charge in [0.05, 0.1) is 0 Å². The largest absolute Gasteiger partial charge is 0.396 e. The molecule has 0 heterocycles. The first-order chi connectivity index (χ1) is 9.63. The lowest BCUT2D eigenvalue weighted by Crippen LogP contribution is -2.44. The Morgan fingerprint density at radius 1 is 1.43 bits per heavy atom. The van der Waals surface area contributed by atoms with Gasteiger partial charge in [0.15, 0.2) is 0 Å². The smallest absolute Gasteiger partial charge is 0.242 e. The van der Waals surface area contributed by atoms with Crippen LogP contribution in [0.1, 0.15) is 32.8 Å². The van der Waals surface area contributed by atoms with Crippen molar-refractivity contribution in [3.63, 3.8) is 0 Å². The SMILES string of the molecule is CC(C)(C)C(CCO)NS(=O)(=O)c1cccc(F)c1C#N. The quantitative estimate of drug-likeness (QED) is 0.866. The van der Waals surface area contributed by atoms with Crippen LogP contribution in [0, 0.1) is 22.6 Å². The first-order valence-electron chi connectivity index (χ1n) is 6.45. The van der Waals surface area contributed by atoms with E-state index in [0.29, 0.717) is 0 Å². The Bertz CT molecular complexity index is 645. The summed E-state index contributed by atoms with van der Waals surface area (Å²) in [7, 11) is -4.05. The summed E-state index contributed by atoms with van der Waals surface area (Å²) >= 11 is 0. The average Bonchev–Trinajstić information content (AvgIpc) is 2.36. The molecule has 1 aromatic carbocycles. The van der Waals surface area contributed by atoms with Gasteiger partial charge in [-0.25, -0.2) is 17.5 Å². The van der Waals surface area contributed by atoms with Gasteiger partial charge in [0.25, 0.3) is 0 Å². The van der Waals surface area contributed by atoms with Crippen LogP contribution in [-0.2, 0) is 10.0 Å². The summed E-state index contributed by atoms with van der Waals surface area (Å²) in [5.74, 6) is -0.880. The maximum Gasteiger partial charge on any atom is 0.242 e. The van der Waals surface area contributed by atoms with E-state index in [1.807, 2.05) is 20.8 Å². The van der Waals surface area contributed by atoms with Crippen molar-refractivity contribution in [3.05, 3.63) is 29.6 Å². The predicted molar refractivity (Wildman–Crippen MR) is 76.4 cm³/mol. The molecule has 1 unspecified atom stereocenters. The van der Waals surface area contributed by atoms with Crippen LogP contribution in [0.5, 0.6) is 0 Å². The molecule has 116 valence electrons. The number of nitrogens with one attached hydrogen (secondary N) is 1. The van der Waals surface area contributed by atoms with Crippen LogP contribution in [-0.4, -0.2) is 26.2 Å². The summed E-state index contributed by atoms with van der Waals surface area (Å²) < 4.78 is 40.8. The van der Waals surface area contributed by atoms with Crippen molar-refractivity contribution in [2.24, 2.45) is 5.41 Å². The molecule has 0 aromatic heterocycles. The third-order valence-electron chi connectivity index (χ3n) is 3.14. The molecule has 0 radical (unpaired) electrons. The molecule has 0 amide bonds. The van der Waals surface area contributed by atoms with Crippen LogP contribution in [0.15, 0.2) is 23.1 Å². The van der Waals surface area contributed by atoms with Gasteiger partial charge >= 0.3 is 0 Å². The zero-order valence-electron chi connectivity index (χ0n) is 12.2. The normalized spacial score (nSPS) is 13.7. The average molecular weight is 314 g/mol. The number of hydrogen-bond donors (Lipinski definition) is 2. The van der Waals surface area contributed by atoms with Crippen molar-refractivity contribution in [1.82, 2.24) is 4.72 Å². The summed E-state index contributed by atoms with van der Waals surface area (Å²) in [6.07, 6.45) is 0.222. The van der Waals surface area contributed by atoms with Gasteiger partial charge in [-0.3, -0.25) is 0 Å². The second-order valence-corrected chi connectivity index (χ2v) is 7.46. The molecule has 21 heavy (non-hydrogen) atoms. The fraction of sp³-hybridized carbons (Fsp3) is 0.500. The van der Waals surface area contributed by atoms with E-state index in [-0.39, 0.29) is 13.0 Å². The Kier molecular flexibility index (Phi) is 5.45. The topological polar surface area (TPSA) is 90.2 Å². The lowest BCUT2D eigenvalue weighted by molar-refractivity contribution is 0.214. The molecule has 0 fully saturated rings. The number of nitrogens with zero attached hydrogens (tertiary/aromatic N) is 1. The highest BCUT2D eigenvalue weighted by Crippen LogP contribution is 2.25. The molecule has 0 aliphatic heterocycles. The van der Waals surface area contributed by atoms with E-state index < -0.39 is 37.8 Å². The fourth-order valence-electron chi connectivity index (χ4n) is 1.89. The van der Waals surface area contributed by atoms with Crippen LogP contribution in [0.3, 0.4) is 0 Å². The first-order valence-corrected chi connectivity index (χ1v) is 7.93. The van der Waals surface area contributed by atoms with Gasteiger partial charge in [-0.2, -0.15) is 5.26 Å². The van der Waals surface area contributed by atoms with Crippen LogP contribution in [0.2, 0.25) is 0 Å². The van der Waals surface area contributed by atoms with E-state index in [2.05, 4.69) is 4.72 Å². The molecule has 0 saturated heterocycles. The third kappa shape index (κ3) is 4.24. The molecule has 0 spiro atoms. The van der Waals surface area contributed by atoms with E-state index in [4.69, 9.17) is 10.4 Å². The predicted octanol–water partition coefficient (Wildman–Crippen LogP) is 1.77. The van der Waals surface area contributed by atoms with Crippen molar-refractivity contribution in [2.75, 3.05) is 6.61 Å². The maximum absolute atomic E-state index is 13.5. The highest BCUT2D eigenvalue weighted by Gasteiger charge is 2.30. The number of hydrogen-bond acceptors (Lipinski definition) is 4. The highest BCUT2D eigenvalue weighted by molar-refractivity contribution is 7.89. The van der Waals surface area contributed by atoms with Gasteiger partial charge in [-0.15, -0.1) is 0 Å². The van der Waals surface area contributed by atoms with Gasteiger partial charge in [0.2, 0.25) is 10.0 Å². The molecule has 0 saturated carbocycles. The molecule has 5 nitrogen and oxygen atoms in total. The summed E-state index contributed by atoms with van der Waals surface area (Å²) in [4.78, 5) is -0.391. The summed E-state index contributed by atoms with van der Waals surface area (Å²) in [5, 5.41) is 18.0. The molecular weight excluding hydrogens is 295 g/mol. The zero-order valence-corrected chi connectivity index (χ0v) is 13.0. The minimum Gasteiger partial charge on any atom is -0.396 e. The van der Waals surface area contributed by atoms with Gasteiger partial charge in [-0.1, -0.05) is 26.8 Å². The monoisotopic (exact) mass is 314 g/mol. The number of halogens is 1. The molecular formula is C14H19FN2O3S. The number of aliphatic hydroxyl groups excluding tert-OH is 1. The Labute approximate surface area is 124 Å². The Morgan fingerprint density at radius 2 is 2.05 bits per heavy atom. The van der Waals surface area contributed by atoms with Crippen molar-refractivity contribution >= 4 is 10.0 Å². The van der Waals surface area contributed by atoms with Crippen molar-refractivity contribution in [3.8, 4) is 6.07 Å². The lowest BCUT2D eigenvalue weighted by atomic mass is 9.86. The van der Waals surface area contributed by atoms with Gasteiger partial charge in [0, 0.05) is 12.6 Å². The van der Waals surface area contributed by atoms with E-state index >= 15 is 0 Å². The van der Waals surface area contributed by atoms with Crippen molar-refractivity contribution < 1.29 is 17.9 Å². The van der Waals surface area contributed by atoms with Gasteiger partial charge in [0.1, 0.15) is 22.3 Å². The van der Waals surface area contributed by atoms with E-state index in [9.17, 15) is 12.8 Å². The molecule has 0 bridgehead atoms. The Balaban J connectivity index is 3.24. The molecule has 1 rings (SSSR count). The van der Waals surface area contributed by atoms with Crippen LogP contribution in [0.4, 0.5) is 4.39 Å². The Hall–Kier alpha value is -1.49. The summed E-state index contributed by atoms with van der Waals surface area (Å²) in [5.41, 5.74) is -0.947. The van der Waals surface area contributed by atoms with Crippen LogP contribution in [0.25, 0.3) is 0 Å². The van der Waals surface area contributed by atoms with Crippen molar-refractivity contribution in [1.29, 1.82) is 5.26 Å². The van der Waals surface area contributed by atoms with Crippen LogP contribution < -0.4 is 4.72 Å². The van der Waals surface area contributed by atoms with Crippen LogP contribution >= 0.6 is 0 Å².